The molecule has 0 aromatic heterocycles. The number of rotatable bonds is 7. The standard InChI is InChI=1S/C18H19BrN2O3/c1-3-24-16-10-9-15(19)11-14(16)12-20-21-18(22)17(23-2)13-7-5-4-6-8-13/h4-12,17H,3H2,1-2H3,(H,21,22)/b20-12-/t17-/m1/s1. The van der Waals surface area contributed by atoms with Crippen molar-refractivity contribution in [1.82, 2.24) is 5.43 Å². The maximum Gasteiger partial charge on any atom is 0.273 e. The Morgan fingerprint density at radius 1 is 1.29 bits per heavy atom. The highest BCUT2D eigenvalue weighted by molar-refractivity contribution is 9.10. The summed E-state index contributed by atoms with van der Waals surface area (Å²) in [5.41, 5.74) is 4.04. The fraction of sp³-hybridized carbons (Fsp3) is 0.222. The van der Waals surface area contributed by atoms with Crippen LogP contribution in [-0.4, -0.2) is 25.8 Å². The van der Waals surface area contributed by atoms with Crippen LogP contribution in [0, 0.1) is 0 Å². The summed E-state index contributed by atoms with van der Waals surface area (Å²) in [6.45, 7) is 2.46. The lowest BCUT2D eigenvalue weighted by atomic mass is 10.1. The highest BCUT2D eigenvalue weighted by atomic mass is 79.9. The molecule has 0 unspecified atom stereocenters. The van der Waals surface area contributed by atoms with Gasteiger partial charge in [0.15, 0.2) is 6.10 Å². The summed E-state index contributed by atoms with van der Waals surface area (Å²) in [4.78, 5) is 12.3. The Hall–Kier alpha value is -2.18. The van der Waals surface area contributed by atoms with Gasteiger partial charge in [-0.2, -0.15) is 5.10 Å². The average molecular weight is 391 g/mol. The van der Waals surface area contributed by atoms with Crippen molar-refractivity contribution in [3.8, 4) is 5.75 Å². The Balaban J connectivity index is 2.08. The first-order valence-corrected chi connectivity index (χ1v) is 8.28. The minimum absolute atomic E-state index is 0.340. The third-order valence-corrected chi connectivity index (χ3v) is 3.72. The molecule has 0 spiro atoms. The third kappa shape index (κ3) is 4.91. The summed E-state index contributed by atoms with van der Waals surface area (Å²) in [6, 6.07) is 14.9. The number of hydrazone groups is 1. The number of carbonyl (C=O) groups excluding carboxylic acids is 1. The molecule has 0 saturated heterocycles. The van der Waals surface area contributed by atoms with Gasteiger partial charge in [-0.05, 0) is 30.7 Å². The molecule has 0 bridgehead atoms. The van der Waals surface area contributed by atoms with Crippen molar-refractivity contribution in [2.24, 2.45) is 5.10 Å². The van der Waals surface area contributed by atoms with Gasteiger partial charge in [-0.15, -0.1) is 0 Å². The molecule has 0 aliphatic rings. The van der Waals surface area contributed by atoms with Gasteiger partial charge in [0.05, 0.1) is 12.8 Å². The number of ether oxygens (including phenoxy) is 2. The van der Waals surface area contributed by atoms with E-state index >= 15 is 0 Å². The quantitative estimate of drug-likeness (QED) is 0.579. The second-order valence-corrected chi connectivity index (χ2v) is 5.79. The van der Waals surface area contributed by atoms with Crippen LogP contribution in [-0.2, 0) is 9.53 Å². The lowest BCUT2D eigenvalue weighted by Gasteiger charge is -2.13. The van der Waals surface area contributed by atoms with Crippen LogP contribution in [0.25, 0.3) is 0 Å². The highest BCUT2D eigenvalue weighted by Crippen LogP contribution is 2.22. The first-order chi connectivity index (χ1) is 11.7. The zero-order valence-electron chi connectivity index (χ0n) is 13.5. The molecule has 2 aromatic rings. The van der Waals surface area contributed by atoms with Crippen LogP contribution < -0.4 is 10.2 Å². The van der Waals surface area contributed by atoms with E-state index in [1.54, 1.807) is 6.21 Å². The van der Waals surface area contributed by atoms with Crippen molar-refractivity contribution in [2.45, 2.75) is 13.0 Å². The highest BCUT2D eigenvalue weighted by Gasteiger charge is 2.19. The monoisotopic (exact) mass is 390 g/mol. The van der Waals surface area contributed by atoms with E-state index in [4.69, 9.17) is 9.47 Å². The topological polar surface area (TPSA) is 59.9 Å². The number of methoxy groups -OCH3 is 1. The van der Waals surface area contributed by atoms with Crippen molar-refractivity contribution in [2.75, 3.05) is 13.7 Å². The Bertz CT molecular complexity index is 705. The van der Waals surface area contributed by atoms with E-state index in [-0.39, 0.29) is 5.91 Å². The van der Waals surface area contributed by atoms with Crippen LogP contribution in [0.3, 0.4) is 0 Å². The van der Waals surface area contributed by atoms with Gasteiger partial charge in [0, 0.05) is 17.1 Å². The summed E-state index contributed by atoms with van der Waals surface area (Å²) >= 11 is 3.41. The number of carbonyl (C=O) groups is 1. The normalized spacial score (nSPS) is 12.1. The Labute approximate surface area is 149 Å². The molecule has 1 atom stereocenters. The van der Waals surface area contributed by atoms with Gasteiger partial charge in [-0.1, -0.05) is 46.3 Å². The van der Waals surface area contributed by atoms with Gasteiger partial charge in [-0.25, -0.2) is 5.43 Å². The SMILES string of the molecule is CCOc1ccc(Br)cc1/C=N\NC(=O)[C@H](OC)c1ccccc1. The van der Waals surface area contributed by atoms with E-state index in [2.05, 4.69) is 26.5 Å². The third-order valence-electron chi connectivity index (χ3n) is 3.23. The van der Waals surface area contributed by atoms with Gasteiger partial charge >= 0.3 is 0 Å². The smallest absolute Gasteiger partial charge is 0.273 e. The zero-order chi connectivity index (χ0) is 17.4. The van der Waals surface area contributed by atoms with Crippen LogP contribution in [0.1, 0.15) is 24.2 Å². The lowest BCUT2D eigenvalue weighted by molar-refractivity contribution is -0.131. The number of benzene rings is 2. The van der Waals surface area contributed by atoms with E-state index in [9.17, 15) is 4.79 Å². The molecular formula is C18H19BrN2O3. The second kappa shape index (κ2) is 9.20. The molecule has 0 aliphatic heterocycles. The molecule has 1 amide bonds. The van der Waals surface area contributed by atoms with Crippen LogP contribution >= 0.6 is 15.9 Å². The largest absolute Gasteiger partial charge is 0.493 e. The molecular weight excluding hydrogens is 372 g/mol. The van der Waals surface area contributed by atoms with Crippen molar-refractivity contribution >= 4 is 28.1 Å². The fourth-order valence-corrected chi connectivity index (χ4v) is 2.53. The van der Waals surface area contributed by atoms with Crippen molar-refractivity contribution in [3.63, 3.8) is 0 Å². The van der Waals surface area contributed by atoms with Crippen LogP contribution in [0.15, 0.2) is 58.1 Å². The number of hydrogen-bond donors (Lipinski definition) is 1. The van der Waals surface area contributed by atoms with Crippen molar-refractivity contribution < 1.29 is 14.3 Å². The van der Waals surface area contributed by atoms with Crippen molar-refractivity contribution in [1.29, 1.82) is 0 Å². The number of halogens is 1. The predicted octanol–water partition coefficient (Wildman–Crippen LogP) is 3.69. The Kier molecular flexibility index (Phi) is 6.96. The zero-order valence-corrected chi connectivity index (χ0v) is 15.1. The van der Waals surface area contributed by atoms with Gasteiger partial charge in [-0.3, -0.25) is 4.79 Å². The maximum absolute atomic E-state index is 12.3. The predicted molar refractivity (Wildman–Crippen MR) is 97.2 cm³/mol. The van der Waals surface area contributed by atoms with Crippen LogP contribution in [0.5, 0.6) is 5.75 Å². The van der Waals surface area contributed by atoms with E-state index < -0.39 is 6.10 Å². The molecule has 24 heavy (non-hydrogen) atoms. The Morgan fingerprint density at radius 2 is 2.04 bits per heavy atom. The summed E-state index contributed by atoms with van der Waals surface area (Å²) in [5, 5.41) is 4.01. The molecule has 6 heteroatoms. The van der Waals surface area contributed by atoms with Crippen molar-refractivity contribution in [3.05, 3.63) is 64.1 Å². The minimum Gasteiger partial charge on any atom is -0.493 e. The fourth-order valence-electron chi connectivity index (χ4n) is 2.15. The molecule has 0 aliphatic carbocycles. The molecule has 0 heterocycles. The molecule has 1 N–H and O–H groups in total. The maximum atomic E-state index is 12.3. The van der Waals surface area contributed by atoms with E-state index in [0.717, 1.165) is 15.6 Å². The lowest BCUT2D eigenvalue weighted by Crippen LogP contribution is -2.26. The van der Waals surface area contributed by atoms with Gasteiger partial charge in [0.2, 0.25) is 0 Å². The Morgan fingerprint density at radius 3 is 2.71 bits per heavy atom. The van der Waals surface area contributed by atoms with E-state index in [1.165, 1.54) is 7.11 Å². The summed E-state index contributed by atoms with van der Waals surface area (Å²) < 4.78 is 11.7. The molecule has 126 valence electrons. The molecule has 0 fully saturated rings. The van der Waals surface area contributed by atoms with E-state index in [1.807, 2.05) is 55.5 Å². The van der Waals surface area contributed by atoms with Gasteiger partial charge in [0.25, 0.3) is 5.91 Å². The van der Waals surface area contributed by atoms with Gasteiger partial charge < -0.3 is 9.47 Å². The first kappa shape index (κ1) is 18.2. The first-order valence-electron chi connectivity index (χ1n) is 7.48. The molecule has 2 aromatic carbocycles. The number of amides is 1. The summed E-state index contributed by atoms with van der Waals surface area (Å²) in [7, 11) is 1.49. The number of nitrogens with zero attached hydrogens (tertiary/aromatic N) is 1. The summed E-state index contributed by atoms with van der Waals surface area (Å²) in [5.74, 6) is 0.359. The number of nitrogens with one attached hydrogen (secondary N) is 1. The minimum atomic E-state index is -0.711. The van der Waals surface area contributed by atoms with E-state index in [0.29, 0.717) is 12.4 Å². The molecule has 0 saturated carbocycles. The molecule has 5 nitrogen and oxygen atoms in total. The summed E-state index contributed by atoms with van der Waals surface area (Å²) in [6.07, 6.45) is 0.836. The molecule has 2 rings (SSSR count). The van der Waals surface area contributed by atoms with Crippen LogP contribution in [0.4, 0.5) is 0 Å². The average Bonchev–Trinajstić information content (AvgIpc) is 2.59. The van der Waals surface area contributed by atoms with Crippen LogP contribution in [0.2, 0.25) is 0 Å². The number of hydrogen-bond acceptors (Lipinski definition) is 4. The molecule has 0 radical (unpaired) electrons. The van der Waals surface area contributed by atoms with Gasteiger partial charge in [0.1, 0.15) is 5.75 Å². The second-order valence-electron chi connectivity index (χ2n) is 4.88.